The Morgan fingerprint density at radius 3 is 2.89 bits per heavy atom. The van der Waals surface area contributed by atoms with Crippen LogP contribution in [0.2, 0.25) is 0 Å². The molecule has 0 saturated heterocycles. The Labute approximate surface area is 114 Å². The highest BCUT2D eigenvalue weighted by atomic mass is 16.5. The van der Waals surface area contributed by atoms with Crippen LogP contribution in [0.3, 0.4) is 0 Å². The standard InChI is InChI=1S/C15H21N3O/c1-12(2)16-10-14-7-8-18(17-14)15-6-4-5-13(9-15)11-19-3/h4-9,12,16H,10-11H2,1-3H3. The molecule has 0 amide bonds. The first-order valence-electron chi connectivity index (χ1n) is 6.55. The number of ether oxygens (including phenoxy) is 1. The van der Waals surface area contributed by atoms with E-state index in [0.717, 1.165) is 23.5 Å². The molecule has 0 aliphatic rings. The molecule has 0 aliphatic carbocycles. The van der Waals surface area contributed by atoms with E-state index in [-0.39, 0.29) is 0 Å². The largest absolute Gasteiger partial charge is 0.380 e. The fourth-order valence-corrected chi connectivity index (χ4v) is 1.86. The van der Waals surface area contributed by atoms with Gasteiger partial charge in [0.2, 0.25) is 0 Å². The van der Waals surface area contributed by atoms with Gasteiger partial charge in [0.05, 0.1) is 18.0 Å². The predicted molar refractivity (Wildman–Crippen MR) is 76.3 cm³/mol. The number of nitrogens with zero attached hydrogens (tertiary/aromatic N) is 2. The van der Waals surface area contributed by atoms with Crippen LogP contribution >= 0.6 is 0 Å². The summed E-state index contributed by atoms with van der Waals surface area (Å²) in [7, 11) is 1.70. The summed E-state index contributed by atoms with van der Waals surface area (Å²) in [6.45, 7) is 5.68. The summed E-state index contributed by atoms with van der Waals surface area (Å²) in [5.74, 6) is 0. The number of methoxy groups -OCH3 is 1. The van der Waals surface area contributed by atoms with Gasteiger partial charge in [-0.15, -0.1) is 0 Å². The fourth-order valence-electron chi connectivity index (χ4n) is 1.86. The zero-order valence-electron chi connectivity index (χ0n) is 11.8. The zero-order valence-corrected chi connectivity index (χ0v) is 11.8. The van der Waals surface area contributed by atoms with Crippen molar-refractivity contribution in [2.45, 2.75) is 33.0 Å². The van der Waals surface area contributed by atoms with Gasteiger partial charge in [-0.1, -0.05) is 26.0 Å². The van der Waals surface area contributed by atoms with Gasteiger partial charge in [-0.2, -0.15) is 5.10 Å². The highest BCUT2D eigenvalue weighted by molar-refractivity contribution is 5.35. The zero-order chi connectivity index (χ0) is 13.7. The minimum absolute atomic E-state index is 0.468. The lowest BCUT2D eigenvalue weighted by atomic mass is 10.2. The molecular formula is C15H21N3O. The average Bonchev–Trinajstić information content (AvgIpc) is 2.86. The summed E-state index contributed by atoms with van der Waals surface area (Å²) < 4.78 is 7.05. The van der Waals surface area contributed by atoms with Gasteiger partial charge < -0.3 is 10.1 Å². The predicted octanol–water partition coefficient (Wildman–Crippen LogP) is 2.52. The van der Waals surface area contributed by atoms with Crippen molar-refractivity contribution in [3.05, 3.63) is 47.8 Å². The number of benzene rings is 1. The second kappa shape index (κ2) is 6.50. The van der Waals surface area contributed by atoms with Crippen LogP contribution in [-0.4, -0.2) is 22.9 Å². The van der Waals surface area contributed by atoms with Crippen molar-refractivity contribution < 1.29 is 4.74 Å². The van der Waals surface area contributed by atoms with E-state index < -0.39 is 0 Å². The Bertz CT molecular complexity index is 520. The van der Waals surface area contributed by atoms with Crippen LogP contribution in [0.4, 0.5) is 0 Å². The smallest absolute Gasteiger partial charge is 0.0766 e. The lowest BCUT2D eigenvalue weighted by molar-refractivity contribution is 0.185. The van der Waals surface area contributed by atoms with E-state index in [1.165, 1.54) is 0 Å². The molecule has 0 fully saturated rings. The van der Waals surface area contributed by atoms with Crippen molar-refractivity contribution in [2.75, 3.05) is 7.11 Å². The normalized spacial score (nSPS) is 11.2. The number of aromatic nitrogens is 2. The molecule has 1 N–H and O–H groups in total. The third-order valence-corrected chi connectivity index (χ3v) is 2.82. The summed E-state index contributed by atoms with van der Waals surface area (Å²) in [6.07, 6.45) is 1.99. The molecule has 1 aromatic carbocycles. The highest BCUT2D eigenvalue weighted by Crippen LogP contribution is 2.11. The van der Waals surface area contributed by atoms with Crippen LogP contribution in [0, 0.1) is 0 Å². The summed E-state index contributed by atoms with van der Waals surface area (Å²) in [5.41, 5.74) is 3.26. The fraction of sp³-hybridized carbons (Fsp3) is 0.400. The van der Waals surface area contributed by atoms with Crippen molar-refractivity contribution in [1.82, 2.24) is 15.1 Å². The first kappa shape index (κ1) is 13.8. The van der Waals surface area contributed by atoms with E-state index >= 15 is 0 Å². The van der Waals surface area contributed by atoms with Gasteiger partial charge in [0, 0.05) is 25.9 Å². The second-order valence-corrected chi connectivity index (χ2v) is 4.89. The molecule has 1 aromatic heterocycles. The number of hydrogen-bond donors (Lipinski definition) is 1. The van der Waals surface area contributed by atoms with E-state index in [9.17, 15) is 0 Å². The molecule has 0 atom stereocenters. The van der Waals surface area contributed by atoms with Crippen LogP contribution in [0.1, 0.15) is 25.1 Å². The van der Waals surface area contributed by atoms with Crippen LogP contribution in [0.5, 0.6) is 0 Å². The minimum Gasteiger partial charge on any atom is -0.380 e. The molecule has 0 aliphatic heterocycles. The third-order valence-electron chi connectivity index (χ3n) is 2.82. The second-order valence-electron chi connectivity index (χ2n) is 4.89. The van der Waals surface area contributed by atoms with Crippen molar-refractivity contribution in [3.63, 3.8) is 0 Å². The van der Waals surface area contributed by atoms with Crippen LogP contribution < -0.4 is 5.32 Å². The first-order chi connectivity index (χ1) is 9.19. The molecule has 0 spiro atoms. The van der Waals surface area contributed by atoms with Crippen LogP contribution in [0.25, 0.3) is 5.69 Å². The summed E-state index contributed by atoms with van der Waals surface area (Å²) in [4.78, 5) is 0. The molecule has 4 heteroatoms. The molecule has 4 nitrogen and oxygen atoms in total. The van der Waals surface area contributed by atoms with Gasteiger partial charge in [0.15, 0.2) is 0 Å². The van der Waals surface area contributed by atoms with E-state index in [1.807, 2.05) is 29.1 Å². The Morgan fingerprint density at radius 2 is 2.16 bits per heavy atom. The highest BCUT2D eigenvalue weighted by Gasteiger charge is 2.03. The van der Waals surface area contributed by atoms with Gasteiger partial charge in [-0.05, 0) is 23.8 Å². The van der Waals surface area contributed by atoms with E-state index in [4.69, 9.17) is 4.74 Å². The number of hydrogen-bond acceptors (Lipinski definition) is 3. The topological polar surface area (TPSA) is 39.1 Å². The van der Waals surface area contributed by atoms with Gasteiger partial charge in [-0.3, -0.25) is 0 Å². The summed E-state index contributed by atoms with van der Waals surface area (Å²) in [5, 5.41) is 7.93. The summed E-state index contributed by atoms with van der Waals surface area (Å²) in [6, 6.07) is 10.7. The van der Waals surface area contributed by atoms with Gasteiger partial charge in [0.25, 0.3) is 0 Å². The quantitative estimate of drug-likeness (QED) is 0.866. The van der Waals surface area contributed by atoms with E-state index in [1.54, 1.807) is 7.11 Å². The number of nitrogens with one attached hydrogen (secondary N) is 1. The molecule has 2 rings (SSSR count). The maximum Gasteiger partial charge on any atom is 0.0766 e. The molecule has 19 heavy (non-hydrogen) atoms. The maximum atomic E-state index is 5.15. The summed E-state index contributed by atoms with van der Waals surface area (Å²) >= 11 is 0. The molecule has 0 radical (unpaired) electrons. The van der Waals surface area contributed by atoms with Gasteiger partial charge in [0.1, 0.15) is 0 Å². The molecule has 0 unspecified atom stereocenters. The molecule has 102 valence electrons. The first-order valence-corrected chi connectivity index (χ1v) is 6.55. The molecular weight excluding hydrogens is 238 g/mol. The lowest BCUT2D eigenvalue weighted by Crippen LogP contribution is -2.22. The average molecular weight is 259 g/mol. The third kappa shape index (κ3) is 3.91. The Balaban J connectivity index is 2.11. The van der Waals surface area contributed by atoms with Crippen molar-refractivity contribution in [2.24, 2.45) is 0 Å². The van der Waals surface area contributed by atoms with Crippen molar-refractivity contribution in [1.29, 1.82) is 0 Å². The van der Waals surface area contributed by atoms with E-state index in [0.29, 0.717) is 12.6 Å². The Morgan fingerprint density at radius 1 is 1.32 bits per heavy atom. The molecule has 0 bridgehead atoms. The van der Waals surface area contributed by atoms with Crippen LogP contribution in [-0.2, 0) is 17.9 Å². The lowest BCUT2D eigenvalue weighted by Gasteiger charge is -2.06. The SMILES string of the molecule is COCc1cccc(-n2ccc(CNC(C)C)n2)c1. The Kier molecular flexibility index (Phi) is 4.71. The monoisotopic (exact) mass is 259 g/mol. The Hall–Kier alpha value is -1.65. The van der Waals surface area contributed by atoms with Crippen molar-refractivity contribution >= 4 is 0 Å². The molecule has 0 saturated carbocycles. The number of rotatable bonds is 6. The van der Waals surface area contributed by atoms with Gasteiger partial charge in [-0.25, -0.2) is 4.68 Å². The molecule has 2 aromatic rings. The maximum absolute atomic E-state index is 5.15. The molecule has 1 heterocycles. The minimum atomic E-state index is 0.468. The van der Waals surface area contributed by atoms with Crippen molar-refractivity contribution in [3.8, 4) is 5.69 Å². The van der Waals surface area contributed by atoms with E-state index in [2.05, 4.69) is 36.4 Å². The van der Waals surface area contributed by atoms with Gasteiger partial charge >= 0.3 is 0 Å². The van der Waals surface area contributed by atoms with Crippen LogP contribution in [0.15, 0.2) is 36.5 Å².